The van der Waals surface area contributed by atoms with Gasteiger partial charge in [0.15, 0.2) is 0 Å². The van der Waals surface area contributed by atoms with Gasteiger partial charge in [0.1, 0.15) is 22.4 Å². The van der Waals surface area contributed by atoms with Gasteiger partial charge in [0.05, 0.1) is 17.7 Å². The van der Waals surface area contributed by atoms with Crippen LogP contribution in [0, 0.1) is 17.2 Å². The second-order valence-electron chi connectivity index (χ2n) is 10.2. The number of nitriles is 1. The van der Waals surface area contributed by atoms with E-state index in [0.29, 0.717) is 10.9 Å². The standard InChI is InChI=1S/C27H30N6O6S/c1-16(2)21(29)24(35)32-40(37,38)27(9-10-27)15-39-25-22-19(8-11-30-25)12-20(26(36)33(22)3)23(34)31-14-18-6-4-17(13-28)5-7-18/h4-8,11-12,16,21H,9-10,14-15,29H2,1-3H3,(H,31,34)(H,32,35)/t21-/m0/s1. The number of carbonyl (C=O) groups excluding carboxylic acids is 2. The molecule has 13 heteroatoms. The minimum Gasteiger partial charge on any atom is -0.474 e. The fourth-order valence-electron chi connectivity index (χ4n) is 4.09. The van der Waals surface area contributed by atoms with Crippen molar-refractivity contribution < 1.29 is 22.7 Å². The van der Waals surface area contributed by atoms with Crippen LogP contribution >= 0.6 is 0 Å². The van der Waals surface area contributed by atoms with Gasteiger partial charge in [-0.25, -0.2) is 13.4 Å². The van der Waals surface area contributed by atoms with Crippen LogP contribution < -0.4 is 26.1 Å². The Morgan fingerprint density at radius 3 is 2.50 bits per heavy atom. The number of hydrogen-bond acceptors (Lipinski definition) is 9. The van der Waals surface area contributed by atoms with Crippen LogP contribution in [-0.2, 0) is 28.4 Å². The predicted molar refractivity (Wildman–Crippen MR) is 147 cm³/mol. The number of pyridine rings is 2. The summed E-state index contributed by atoms with van der Waals surface area (Å²) < 4.78 is 33.8. The van der Waals surface area contributed by atoms with Crippen molar-refractivity contribution in [2.45, 2.75) is 44.0 Å². The lowest BCUT2D eigenvalue weighted by Gasteiger charge is -2.21. The smallest absolute Gasteiger partial charge is 0.263 e. The topological polar surface area (TPSA) is 186 Å². The second kappa shape index (κ2) is 11.1. The minimum absolute atomic E-state index is 0.0216. The van der Waals surface area contributed by atoms with E-state index < -0.39 is 38.2 Å². The molecule has 4 N–H and O–H groups in total. The summed E-state index contributed by atoms with van der Waals surface area (Å²) in [6.45, 7) is 3.30. The number of amides is 2. The van der Waals surface area contributed by atoms with E-state index in [9.17, 15) is 22.8 Å². The third kappa shape index (κ3) is 5.68. The SMILES string of the molecule is CC(C)[C@H](N)C(=O)NS(=O)(=O)C1(COc2nccc3cc(C(=O)NCc4ccc(C#N)cc4)c(=O)n(C)c23)CC1. The first-order valence-corrected chi connectivity index (χ1v) is 14.1. The first-order chi connectivity index (χ1) is 18.9. The predicted octanol–water partition coefficient (Wildman–Crippen LogP) is 1.08. The molecule has 0 saturated heterocycles. The summed E-state index contributed by atoms with van der Waals surface area (Å²) in [7, 11) is -2.62. The molecule has 0 bridgehead atoms. The van der Waals surface area contributed by atoms with Crippen molar-refractivity contribution in [3.05, 3.63) is 69.6 Å². The Bertz CT molecular complexity index is 1670. The number of carbonyl (C=O) groups is 2. The van der Waals surface area contributed by atoms with Crippen LogP contribution in [0.3, 0.4) is 0 Å². The van der Waals surface area contributed by atoms with E-state index in [0.717, 1.165) is 5.56 Å². The Hall–Kier alpha value is -4.28. The summed E-state index contributed by atoms with van der Waals surface area (Å²) in [5.41, 5.74) is 6.65. The van der Waals surface area contributed by atoms with Crippen LogP contribution in [0.5, 0.6) is 5.88 Å². The number of nitrogens with two attached hydrogens (primary N) is 1. The molecular formula is C27H30N6O6S. The van der Waals surface area contributed by atoms with Gasteiger partial charge in [-0.1, -0.05) is 26.0 Å². The molecule has 0 spiro atoms. The monoisotopic (exact) mass is 566 g/mol. The number of fused-ring (bicyclic) bond motifs is 1. The molecule has 2 aromatic heterocycles. The van der Waals surface area contributed by atoms with Crippen LogP contribution in [-0.4, -0.2) is 47.2 Å². The lowest BCUT2D eigenvalue weighted by molar-refractivity contribution is -0.121. The van der Waals surface area contributed by atoms with Gasteiger partial charge in [-0.3, -0.25) is 19.1 Å². The van der Waals surface area contributed by atoms with Crippen LogP contribution in [0.4, 0.5) is 0 Å². The second-order valence-corrected chi connectivity index (χ2v) is 12.3. The Balaban J connectivity index is 1.52. The summed E-state index contributed by atoms with van der Waals surface area (Å²) in [5, 5.41) is 12.1. The average molecular weight is 567 g/mol. The Kier molecular flexibility index (Phi) is 7.95. The summed E-state index contributed by atoms with van der Waals surface area (Å²) in [5.74, 6) is -1.58. The molecule has 1 aliphatic rings. The molecule has 0 aliphatic heterocycles. The van der Waals surface area contributed by atoms with E-state index in [1.54, 1.807) is 44.2 Å². The molecular weight excluding hydrogens is 536 g/mol. The zero-order valence-electron chi connectivity index (χ0n) is 22.3. The molecule has 1 fully saturated rings. The number of rotatable bonds is 10. The number of benzene rings is 1. The van der Waals surface area contributed by atoms with E-state index in [4.69, 9.17) is 15.7 Å². The van der Waals surface area contributed by atoms with Gasteiger partial charge in [0, 0.05) is 25.2 Å². The molecule has 12 nitrogen and oxygen atoms in total. The van der Waals surface area contributed by atoms with E-state index in [1.165, 1.54) is 23.9 Å². The molecule has 0 unspecified atom stereocenters. The first-order valence-electron chi connectivity index (χ1n) is 12.6. The largest absolute Gasteiger partial charge is 0.474 e. The number of sulfonamides is 1. The third-order valence-corrected chi connectivity index (χ3v) is 9.11. The summed E-state index contributed by atoms with van der Waals surface area (Å²) >= 11 is 0. The fraction of sp³-hybridized carbons (Fsp3) is 0.370. The molecule has 40 heavy (non-hydrogen) atoms. The van der Waals surface area contributed by atoms with Crippen molar-refractivity contribution in [1.82, 2.24) is 19.6 Å². The van der Waals surface area contributed by atoms with E-state index in [1.807, 2.05) is 6.07 Å². The van der Waals surface area contributed by atoms with Crippen molar-refractivity contribution in [2.75, 3.05) is 6.61 Å². The molecule has 2 amide bonds. The third-order valence-electron chi connectivity index (χ3n) is 6.98. The first kappa shape index (κ1) is 28.7. The van der Waals surface area contributed by atoms with Crippen molar-refractivity contribution in [1.29, 1.82) is 5.26 Å². The van der Waals surface area contributed by atoms with E-state index in [-0.39, 0.29) is 48.9 Å². The zero-order valence-corrected chi connectivity index (χ0v) is 23.1. The highest BCUT2D eigenvalue weighted by atomic mass is 32.2. The van der Waals surface area contributed by atoms with Gasteiger partial charge in [0.25, 0.3) is 17.4 Å². The lowest BCUT2D eigenvalue weighted by Crippen LogP contribution is -2.50. The van der Waals surface area contributed by atoms with Crippen molar-refractivity contribution >= 4 is 32.7 Å². The Labute approximate surface area is 231 Å². The molecule has 1 atom stereocenters. The minimum atomic E-state index is -4.09. The maximum atomic E-state index is 13.1. The maximum absolute atomic E-state index is 13.1. The number of hydrogen-bond donors (Lipinski definition) is 3. The number of aryl methyl sites for hydroxylation is 1. The van der Waals surface area contributed by atoms with Crippen LogP contribution in [0.15, 0.2) is 47.4 Å². The molecule has 210 valence electrons. The fourth-order valence-corrected chi connectivity index (χ4v) is 5.56. The summed E-state index contributed by atoms with van der Waals surface area (Å²) in [4.78, 5) is 42.5. The van der Waals surface area contributed by atoms with Crippen LogP contribution in [0.1, 0.15) is 48.2 Å². The Morgan fingerprint density at radius 1 is 1.23 bits per heavy atom. The molecule has 1 aliphatic carbocycles. The van der Waals surface area contributed by atoms with Crippen molar-refractivity contribution in [3.63, 3.8) is 0 Å². The van der Waals surface area contributed by atoms with Gasteiger partial charge in [-0.2, -0.15) is 5.26 Å². The van der Waals surface area contributed by atoms with Gasteiger partial charge in [0.2, 0.25) is 15.9 Å². The van der Waals surface area contributed by atoms with Crippen LogP contribution in [0.25, 0.3) is 10.9 Å². The Morgan fingerprint density at radius 2 is 1.90 bits per heavy atom. The van der Waals surface area contributed by atoms with E-state index >= 15 is 0 Å². The van der Waals surface area contributed by atoms with Crippen LogP contribution in [0.2, 0.25) is 0 Å². The quantitative estimate of drug-likeness (QED) is 0.323. The number of nitrogens with one attached hydrogen (secondary N) is 2. The highest BCUT2D eigenvalue weighted by Crippen LogP contribution is 2.43. The van der Waals surface area contributed by atoms with Crippen molar-refractivity contribution in [2.24, 2.45) is 18.7 Å². The lowest BCUT2D eigenvalue weighted by atomic mass is 10.1. The molecule has 1 saturated carbocycles. The summed E-state index contributed by atoms with van der Waals surface area (Å²) in [6.07, 6.45) is 1.98. The van der Waals surface area contributed by atoms with Gasteiger partial charge in [-0.15, -0.1) is 0 Å². The number of nitrogens with zero attached hydrogens (tertiary/aromatic N) is 3. The molecule has 4 rings (SSSR count). The van der Waals surface area contributed by atoms with Gasteiger partial charge < -0.3 is 20.4 Å². The number of aromatic nitrogens is 2. The highest BCUT2D eigenvalue weighted by molar-refractivity contribution is 7.91. The molecule has 0 radical (unpaired) electrons. The molecule has 2 heterocycles. The maximum Gasteiger partial charge on any atom is 0.263 e. The number of ether oxygens (including phenoxy) is 1. The molecule has 1 aromatic carbocycles. The molecule has 3 aromatic rings. The zero-order chi connectivity index (χ0) is 29.2. The average Bonchev–Trinajstić information content (AvgIpc) is 3.74. The van der Waals surface area contributed by atoms with Gasteiger partial charge >= 0.3 is 0 Å². The highest BCUT2D eigenvalue weighted by Gasteiger charge is 2.56. The normalized spacial score (nSPS) is 14.8. The van der Waals surface area contributed by atoms with Gasteiger partial charge in [-0.05, 0) is 48.6 Å². The van der Waals surface area contributed by atoms with Crippen molar-refractivity contribution in [3.8, 4) is 11.9 Å². The van der Waals surface area contributed by atoms with E-state index in [2.05, 4.69) is 15.0 Å². The summed E-state index contributed by atoms with van der Waals surface area (Å²) in [6, 6.07) is 10.8.